The average Bonchev–Trinajstić information content (AvgIpc) is 2.91. The normalized spacial score (nSPS) is 10.4. The van der Waals surface area contributed by atoms with E-state index in [-0.39, 0.29) is 0 Å². The van der Waals surface area contributed by atoms with Crippen LogP contribution in [0.3, 0.4) is 0 Å². The Morgan fingerprint density at radius 2 is 1.95 bits per heavy atom. The molecule has 2 nitrogen and oxygen atoms in total. The van der Waals surface area contributed by atoms with Crippen LogP contribution >= 0.6 is 11.3 Å². The molecular formula is C19H19N2S+. The molecule has 22 heavy (non-hydrogen) atoms. The molecule has 0 bridgehead atoms. The molecule has 110 valence electrons. The van der Waals surface area contributed by atoms with E-state index >= 15 is 0 Å². The number of nitrogens with zero attached hydrogens (tertiary/aromatic N) is 1. The van der Waals surface area contributed by atoms with Crippen LogP contribution in [0.2, 0.25) is 0 Å². The molecule has 0 saturated heterocycles. The van der Waals surface area contributed by atoms with Gasteiger partial charge in [0.2, 0.25) is 0 Å². The molecule has 1 N–H and O–H groups in total. The average molecular weight is 307 g/mol. The standard InChI is InChI=1S/C19H18N2S/c1-3-12-21-18(16-9-5-4-6-10-16)14-22-19(21)20-17-11-7-8-15(2)13-17/h3-11,13-14H,1,12H2,2H3/p+1. The van der Waals surface area contributed by atoms with Crippen LogP contribution in [-0.2, 0) is 6.54 Å². The van der Waals surface area contributed by atoms with E-state index in [0.717, 1.165) is 17.4 Å². The molecule has 0 unspecified atom stereocenters. The number of thiazole rings is 1. The highest BCUT2D eigenvalue weighted by atomic mass is 32.1. The molecule has 0 amide bonds. The maximum absolute atomic E-state index is 3.89. The van der Waals surface area contributed by atoms with Gasteiger partial charge in [0, 0.05) is 10.9 Å². The number of anilines is 2. The maximum atomic E-state index is 3.89. The van der Waals surface area contributed by atoms with Gasteiger partial charge in [0.1, 0.15) is 17.9 Å². The minimum absolute atomic E-state index is 0.780. The van der Waals surface area contributed by atoms with Crippen LogP contribution in [0.25, 0.3) is 11.3 Å². The van der Waals surface area contributed by atoms with E-state index in [4.69, 9.17) is 0 Å². The zero-order valence-corrected chi connectivity index (χ0v) is 13.4. The van der Waals surface area contributed by atoms with Crippen LogP contribution in [0.5, 0.6) is 0 Å². The van der Waals surface area contributed by atoms with Crippen molar-refractivity contribution in [2.75, 3.05) is 5.32 Å². The lowest BCUT2D eigenvalue weighted by atomic mass is 10.2. The highest BCUT2D eigenvalue weighted by Crippen LogP contribution is 2.25. The van der Waals surface area contributed by atoms with Crippen LogP contribution in [-0.4, -0.2) is 0 Å². The lowest BCUT2D eigenvalue weighted by Crippen LogP contribution is -2.35. The zero-order valence-electron chi connectivity index (χ0n) is 12.6. The van der Waals surface area contributed by atoms with Gasteiger partial charge in [-0.05, 0) is 24.6 Å². The van der Waals surface area contributed by atoms with Crippen LogP contribution in [0.1, 0.15) is 5.56 Å². The molecule has 0 atom stereocenters. The van der Waals surface area contributed by atoms with Gasteiger partial charge in [-0.25, -0.2) is 9.88 Å². The zero-order chi connectivity index (χ0) is 15.4. The quantitative estimate of drug-likeness (QED) is 0.521. The monoisotopic (exact) mass is 307 g/mol. The van der Waals surface area contributed by atoms with Crippen LogP contribution in [0.4, 0.5) is 10.8 Å². The molecule has 1 heterocycles. The van der Waals surface area contributed by atoms with E-state index in [0.29, 0.717) is 0 Å². The number of rotatable bonds is 5. The van der Waals surface area contributed by atoms with Crippen molar-refractivity contribution in [2.24, 2.45) is 0 Å². The predicted molar refractivity (Wildman–Crippen MR) is 94.6 cm³/mol. The first-order chi connectivity index (χ1) is 10.8. The van der Waals surface area contributed by atoms with Gasteiger partial charge in [0.05, 0.1) is 0 Å². The minimum atomic E-state index is 0.780. The molecule has 0 aliphatic carbocycles. The molecular weight excluding hydrogens is 288 g/mol. The first kappa shape index (κ1) is 14.5. The smallest absolute Gasteiger partial charge is 0.231 e. The second kappa shape index (κ2) is 6.58. The molecule has 3 heteroatoms. The Labute approximate surface area is 135 Å². The van der Waals surface area contributed by atoms with Crippen molar-refractivity contribution in [2.45, 2.75) is 13.5 Å². The van der Waals surface area contributed by atoms with Gasteiger partial charge >= 0.3 is 5.13 Å². The fourth-order valence-corrected chi connectivity index (χ4v) is 3.40. The largest absolute Gasteiger partial charge is 0.339 e. The predicted octanol–water partition coefficient (Wildman–Crippen LogP) is 4.94. The fraction of sp³-hybridized carbons (Fsp3) is 0.105. The van der Waals surface area contributed by atoms with Gasteiger partial charge < -0.3 is 0 Å². The van der Waals surface area contributed by atoms with Crippen molar-refractivity contribution in [3.8, 4) is 11.3 Å². The Bertz CT molecular complexity index is 775. The summed E-state index contributed by atoms with van der Waals surface area (Å²) in [6, 6.07) is 18.9. The van der Waals surface area contributed by atoms with Gasteiger partial charge in [-0.2, -0.15) is 0 Å². The molecule has 2 aromatic carbocycles. The van der Waals surface area contributed by atoms with Gasteiger partial charge in [-0.3, -0.25) is 0 Å². The van der Waals surface area contributed by atoms with E-state index < -0.39 is 0 Å². The minimum Gasteiger partial charge on any atom is -0.231 e. The molecule has 0 spiro atoms. The molecule has 0 aliphatic heterocycles. The summed E-state index contributed by atoms with van der Waals surface area (Å²) in [5.41, 5.74) is 4.79. The van der Waals surface area contributed by atoms with Crippen molar-refractivity contribution in [1.82, 2.24) is 0 Å². The number of allylic oxidation sites excluding steroid dienone is 1. The van der Waals surface area contributed by atoms with Crippen LogP contribution < -0.4 is 9.88 Å². The lowest BCUT2D eigenvalue weighted by Gasteiger charge is -2.04. The summed E-state index contributed by atoms with van der Waals surface area (Å²) >= 11 is 1.72. The summed E-state index contributed by atoms with van der Waals surface area (Å²) in [6.07, 6.45) is 1.93. The highest BCUT2D eigenvalue weighted by Gasteiger charge is 2.18. The van der Waals surface area contributed by atoms with E-state index in [1.54, 1.807) is 11.3 Å². The van der Waals surface area contributed by atoms with Gasteiger partial charge in [0.25, 0.3) is 0 Å². The number of hydrogen-bond acceptors (Lipinski definition) is 2. The van der Waals surface area contributed by atoms with E-state index in [1.165, 1.54) is 16.8 Å². The number of aromatic nitrogens is 1. The Balaban J connectivity index is 1.98. The Morgan fingerprint density at radius 3 is 2.68 bits per heavy atom. The molecule has 0 fully saturated rings. The summed E-state index contributed by atoms with van der Waals surface area (Å²) in [5.74, 6) is 0. The third-order valence-electron chi connectivity index (χ3n) is 3.47. The summed E-state index contributed by atoms with van der Waals surface area (Å²) in [6.45, 7) is 6.77. The molecule has 0 saturated carbocycles. The summed E-state index contributed by atoms with van der Waals surface area (Å²) in [4.78, 5) is 0. The number of nitrogens with one attached hydrogen (secondary N) is 1. The van der Waals surface area contributed by atoms with E-state index in [1.807, 2.05) is 12.1 Å². The summed E-state index contributed by atoms with van der Waals surface area (Å²) in [5, 5.41) is 6.83. The van der Waals surface area contributed by atoms with Crippen molar-refractivity contribution in [3.05, 3.63) is 78.2 Å². The van der Waals surface area contributed by atoms with E-state index in [9.17, 15) is 0 Å². The van der Waals surface area contributed by atoms with Crippen molar-refractivity contribution >= 4 is 22.2 Å². The molecule has 0 aliphatic rings. The van der Waals surface area contributed by atoms with Gasteiger partial charge in [0.15, 0.2) is 0 Å². The van der Waals surface area contributed by atoms with Crippen LogP contribution in [0, 0.1) is 6.92 Å². The number of hydrogen-bond donors (Lipinski definition) is 1. The fourth-order valence-electron chi connectivity index (χ4n) is 2.43. The molecule has 1 aromatic heterocycles. The first-order valence-corrected chi connectivity index (χ1v) is 8.17. The number of aryl methyl sites for hydroxylation is 1. The SMILES string of the molecule is C=CC[n+]1c(-c2ccccc2)csc1Nc1cccc(C)c1. The van der Waals surface area contributed by atoms with E-state index in [2.05, 4.69) is 77.3 Å². The maximum Gasteiger partial charge on any atom is 0.339 e. The molecule has 3 rings (SSSR count). The Hall–Kier alpha value is -2.39. The van der Waals surface area contributed by atoms with Crippen molar-refractivity contribution < 1.29 is 4.57 Å². The summed E-state index contributed by atoms with van der Waals surface area (Å²) < 4.78 is 2.26. The van der Waals surface area contributed by atoms with Gasteiger partial charge in [-0.15, -0.1) is 0 Å². The Kier molecular flexibility index (Phi) is 4.35. The first-order valence-electron chi connectivity index (χ1n) is 7.29. The lowest BCUT2D eigenvalue weighted by molar-refractivity contribution is -0.657. The third kappa shape index (κ3) is 3.10. The Morgan fingerprint density at radius 1 is 1.14 bits per heavy atom. The van der Waals surface area contributed by atoms with Crippen molar-refractivity contribution in [3.63, 3.8) is 0 Å². The number of benzene rings is 2. The third-order valence-corrected chi connectivity index (χ3v) is 4.36. The second-order valence-electron chi connectivity index (χ2n) is 5.19. The van der Waals surface area contributed by atoms with Gasteiger partial charge in [-0.1, -0.05) is 66.5 Å². The van der Waals surface area contributed by atoms with Crippen LogP contribution in [0.15, 0.2) is 72.6 Å². The molecule has 3 aromatic rings. The molecule has 0 radical (unpaired) electrons. The summed E-state index contributed by atoms with van der Waals surface area (Å²) in [7, 11) is 0. The van der Waals surface area contributed by atoms with Crippen molar-refractivity contribution in [1.29, 1.82) is 0 Å². The topological polar surface area (TPSA) is 15.9 Å². The second-order valence-corrected chi connectivity index (χ2v) is 6.04. The highest BCUT2D eigenvalue weighted by molar-refractivity contribution is 7.13.